The molecule has 0 spiro atoms. The molecule has 0 saturated heterocycles. The molecule has 0 unspecified atom stereocenters. The van der Waals surface area contributed by atoms with Crippen LogP contribution in [0.3, 0.4) is 0 Å². The van der Waals surface area contributed by atoms with Crippen molar-refractivity contribution in [1.29, 1.82) is 0 Å². The summed E-state index contributed by atoms with van der Waals surface area (Å²) in [5.74, 6) is 2.75. The molecule has 49 heavy (non-hydrogen) atoms. The quantitative estimate of drug-likeness (QED) is 0.190. The maximum absolute atomic E-state index is 5.35. The molecule has 0 fully saturated rings. The Kier molecular flexibility index (Phi) is 6.04. The SMILES string of the molecule is c1ccc(-c2nc(-c3ccccc3)nc(-c3cccc(-n4c5ccccc5c5nc6n(-c7ccccc7)c7ccccc7n6c54)c3)n2)cc1. The van der Waals surface area contributed by atoms with Gasteiger partial charge in [-0.15, -0.1) is 0 Å². The summed E-state index contributed by atoms with van der Waals surface area (Å²) in [6, 6.07) is 56.0. The minimum absolute atomic E-state index is 0.612. The van der Waals surface area contributed by atoms with Gasteiger partial charge in [0.05, 0.1) is 16.6 Å². The molecule has 230 valence electrons. The van der Waals surface area contributed by atoms with Gasteiger partial charge >= 0.3 is 0 Å². The van der Waals surface area contributed by atoms with Crippen LogP contribution in [0.1, 0.15) is 0 Å². The molecule has 7 heteroatoms. The molecule has 0 saturated carbocycles. The van der Waals surface area contributed by atoms with E-state index in [2.05, 4.69) is 111 Å². The largest absolute Gasteiger partial charge is 0.294 e. The van der Waals surface area contributed by atoms with Gasteiger partial charge in [0.2, 0.25) is 5.78 Å². The van der Waals surface area contributed by atoms with Crippen molar-refractivity contribution in [2.24, 2.45) is 0 Å². The first-order valence-corrected chi connectivity index (χ1v) is 16.3. The first kappa shape index (κ1) is 27.3. The van der Waals surface area contributed by atoms with Crippen molar-refractivity contribution in [2.45, 2.75) is 0 Å². The van der Waals surface area contributed by atoms with E-state index < -0.39 is 0 Å². The average molecular weight is 630 g/mol. The summed E-state index contributed by atoms with van der Waals surface area (Å²) in [6.45, 7) is 0. The normalized spacial score (nSPS) is 11.7. The van der Waals surface area contributed by atoms with Crippen LogP contribution in [-0.4, -0.2) is 33.5 Å². The van der Waals surface area contributed by atoms with Crippen LogP contribution in [0.15, 0.2) is 164 Å². The van der Waals surface area contributed by atoms with Crippen LogP contribution in [0.2, 0.25) is 0 Å². The minimum Gasteiger partial charge on any atom is -0.294 e. The zero-order valence-electron chi connectivity index (χ0n) is 26.2. The van der Waals surface area contributed by atoms with Gasteiger partial charge in [-0.25, -0.2) is 19.9 Å². The number of nitrogens with zero attached hydrogens (tertiary/aromatic N) is 7. The van der Waals surface area contributed by atoms with E-state index in [1.807, 2.05) is 66.7 Å². The molecule has 7 nitrogen and oxygen atoms in total. The highest BCUT2D eigenvalue weighted by atomic mass is 15.3. The Labute approximate surface area is 281 Å². The van der Waals surface area contributed by atoms with Crippen LogP contribution in [0.4, 0.5) is 0 Å². The summed E-state index contributed by atoms with van der Waals surface area (Å²) in [4.78, 5) is 20.3. The molecule has 6 aromatic carbocycles. The summed E-state index contributed by atoms with van der Waals surface area (Å²) in [6.07, 6.45) is 0. The number of hydrogen-bond donors (Lipinski definition) is 0. The first-order valence-electron chi connectivity index (χ1n) is 16.3. The monoisotopic (exact) mass is 629 g/mol. The Bertz CT molecular complexity index is 2760. The van der Waals surface area contributed by atoms with Gasteiger partial charge in [0.25, 0.3) is 0 Å². The smallest absolute Gasteiger partial charge is 0.221 e. The molecule has 0 aliphatic rings. The lowest BCUT2D eigenvalue weighted by molar-refractivity contribution is 1.07. The standard InChI is InChI=1S/C42H27N7/c1-4-15-28(16-5-1)38-44-39(29-17-6-2-7-18-29)46-40(45-38)30-19-14-22-32(27-30)47-34-24-11-10-23-33(34)37-41(47)49-36-26-13-12-25-35(36)48(42(49)43-37)31-20-8-3-9-21-31/h1-27H. The summed E-state index contributed by atoms with van der Waals surface area (Å²) in [7, 11) is 0. The number of aromatic nitrogens is 7. The van der Waals surface area contributed by atoms with Crippen LogP contribution in [0.25, 0.3) is 84.4 Å². The number of hydrogen-bond acceptors (Lipinski definition) is 4. The zero-order valence-corrected chi connectivity index (χ0v) is 26.2. The number of fused-ring (bicyclic) bond motifs is 7. The molecule has 4 heterocycles. The lowest BCUT2D eigenvalue weighted by atomic mass is 10.1. The van der Waals surface area contributed by atoms with Crippen molar-refractivity contribution >= 4 is 38.9 Å². The van der Waals surface area contributed by atoms with Gasteiger partial charge in [0.15, 0.2) is 23.1 Å². The molecule has 10 rings (SSSR count). The summed E-state index contributed by atoms with van der Waals surface area (Å²) < 4.78 is 6.84. The van der Waals surface area contributed by atoms with Crippen molar-refractivity contribution in [3.8, 4) is 45.5 Å². The Morgan fingerprint density at radius 2 is 0.878 bits per heavy atom. The van der Waals surface area contributed by atoms with Gasteiger partial charge in [-0.05, 0) is 42.5 Å². The lowest BCUT2D eigenvalue weighted by Crippen LogP contribution is -2.01. The van der Waals surface area contributed by atoms with Crippen LogP contribution in [0, 0.1) is 0 Å². The van der Waals surface area contributed by atoms with E-state index >= 15 is 0 Å². The van der Waals surface area contributed by atoms with Gasteiger partial charge in [0.1, 0.15) is 5.52 Å². The van der Waals surface area contributed by atoms with Gasteiger partial charge < -0.3 is 0 Å². The van der Waals surface area contributed by atoms with Gasteiger partial charge in [-0.1, -0.05) is 121 Å². The molecular weight excluding hydrogens is 603 g/mol. The van der Waals surface area contributed by atoms with E-state index in [9.17, 15) is 0 Å². The third kappa shape index (κ3) is 4.29. The second kappa shape index (κ2) is 10.9. The Morgan fingerprint density at radius 1 is 0.367 bits per heavy atom. The Morgan fingerprint density at radius 3 is 1.55 bits per heavy atom. The molecule has 0 amide bonds. The molecule has 0 N–H and O–H groups in total. The van der Waals surface area contributed by atoms with E-state index in [0.29, 0.717) is 17.5 Å². The van der Waals surface area contributed by atoms with Crippen molar-refractivity contribution < 1.29 is 0 Å². The lowest BCUT2D eigenvalue weighted by Gasteiger charge is -2.11. The molecule has 0 atom stereocenters. The first-order chi connectivity index (χ1) is 24.3. The second-order valence-corrected chi connectivity index (χ2v) is 12.0. The van der Waals surface area contributed by atoms with Gasteiger partial charge in [-0.2, -0.15) is 0 Å². The van der Waals surface area contributed by atoms with Crippen LogP contribution in [-0.2, 0) is 0 Å². The van der Waals surface area contributed by atoms with Crippen LogP contribution < -0.4 is 0 Å². The molecule has 10 aromatic rings. The molecule has 0 aliphatic heterocycles. The predicted molar refractivity (Wildman–Crippen MR) is 196 cm³/mol. The maximum atomic E-state index is 5.35. The van der Waals surface area contributed by atoms with E-state index in [4.69, 9.17) is 19.9 Å². The number of imidazole rings is 2. The topological polar surface area (TPSA) is 65.8 Å². The molecule has 0 bridgehead atoms. The molecule has 0 aliphatic carbocycles. The van der Waals surface area contributed by atoms with Crippen LogP contribution >= 0.6 is 0 Å². The Balaban J connectivity index is 1.24. The van der Waals surface area contributed by atoms with E-state index in [0.717, 1.165) is 66.9 Å². The summed E-state index contributed by atoms with van der Waals surface area (Å²) in [5.41, 5.74) is 10.0. The fourth-order valence-corrected chi connectivity index (χ4v) is 6.91. The second-order valence-electron chi connectivity index (χ2n) is 12.0. The zero-order chi connectivity index (χ0) is 32.3. The van der Waals surface area contributed by atoms with Crippen molar-refractivity contribution in [3.63, 3.8) is 0 Å². The fraction of sp³-hybridized carbons (Fsp3) is 0. The number of rotatable bonds is 5. The Hall–Kier alpha value is -6.86. The third-order valence-corrected chi connectivity index (χ3v) is 9.09. The molecular formula is C42H27N7. The molecule has 0 radical (unpaired) electrons. The highest BCUT2D eigenvalue weighted by molar-refractivity contribution is 6.09. The summed E-state index contributed by atoms with van der Waals surface area (Å²) >= 11 is 0. The molecule has 4 aromatic heterocycles. The van der Waals surface area contributed by atoms with Crippen molar-refractivity contribution in [1.82, 2.24) is 33.5 Å². The van der Waals surface area contributed by atoms with E-state index in [-0.39, 0.29) is 0 Å². The van der Waals surface area contributed by atoms with Crippen LogP contribution in [0.5, 0.6) is 0 Å². The van der Waals surface area contributed by atoms with Crippen molar-refractivity contribution in [2.75, 3.05) is 0 Å². The van der Waals surface area contributed by atoms with E-state index in [1.165, 1.54) is 0 Å². The number of para-hydroxylation sites is 4. The fourth-order valence-electron chi connectivity index (χ4n) is 6.91. The minimum atomic E-state index is 0.612. The summed E-state index contributed by atoms with van der Waals surface area (Å²) in [5, 5.41) is 1.09. The third-order valence-electron chi connectivity index (χ3n) is 9.09. The highest BCUT2D eigenvalue weighted by Gasteiger charge is 2.24. The van der Waals surface area contributed by atoms with Gasteiger partial charge in [-0.3, -0.25) is 13.5 Å². The average Bonchev–Trinajstić information content (AvgIpc) is 3.81. The number of benzene rings is 6. The van der Waals surface area contributed by atoms with Gasteiger partial charge in [0, 0.05) is 33.5 Å². The predicted octanol–water partition coefficient (Wildman–Crippen LogP) is 9.56. The highest BCUT2D eigenvalue weighted by Crippen LogP contribution is 2.37. The van der Waals surface area contributed by atoms with Crippen molar-refractivity contribution in [3.05, 3.63) is 164 Å². The maximum Gasteiger partial charge on any atom is 0.221 e. The van der Waals surface area contributed by atoms with E-state index in [1.54, 1.807) is 0 Å².